The summed E-state index contributed by atoms with van der Waals surface area (Å²) in [5.41, 5.74) is 1.61. The number of amides is 1. The van der Waals surface area contributed by atoms with Crippen LogP contribution in [0.15, 0.2) is 72.3 Å². The van der Waals surface area contributed by atoms with Crippen LogP contribution in [-0.4, -0.2) is 24.1 Å². The van der Waals surface area contributed by atoms with Gasteiger partial charge in [-0.2, -0.15) is 5.26 Å². The number of methoxy groups -OCH3 is 1. The quantitative estimate of drug-likeness (QED) is 0.353. The molecule has 0 aliphatic carbocycles. The molecule has 3 aromatic rings. The molecule has 166 valence electrons. The molecule has 3 aromatic carbocycles. The first kappa shape index (κ1) is 23.4. The Hall–Kier alpha value is -4.28. The van der Waals surface area contributed by atoms with E-state index in [9.17, 15) is 14.9 Å². The van der Waals surface area contributed by atoms with Crippen molar-refractivity contribution in [2.24, 2.45) is 0 Å². The van der Waals surface area contributed by atoms with Crippen LogP contribution in [0.4, 0.5) is 5.69 Å². The minimum atomic E-state index is -1.12. The van der Waals surface area contributed by atoms with Crippen LogP contribution in [0.5, 0.6) is 11.5 Å². The summed E-state index contributed by atoms with van der Waals surface area (Å²) >= 11 is 5.89. The van der Waals surface area contributed by atoms with E-state index in [1.54, 1.807) is 30.3 Å². The van der Waals surface area contributed by atoms with Gasteiger partial charge in [0.25, 0.3) is 5.91 Å². The van der Waals surface area contributed by atoms with Crippen LogP contribution in [0, 0.1) is 11.3 Å². The number of aromatic carboxylic acids is 1. The van der Waals surface area contributed by atoms with Crippen molar-refractivity contribution in [1.82, 2.24) is 0 Å². The molecule has 8 heteroatoms. The lowest BCUT2D eigenvalue weighted by molar-refractivity contribution is -0.112. The highest BCUT2D eigenvalue weighted by Gasteiger charge is 2.12. The van der Waals surface area contributed by atoms with Gasteiger partial charge in [0.15, 0.2) is 11.5 Å². The maximum atomic E-state index is 12.5. The van der Waals surface area contributed by atoms with E-state index in [1.165, 1.54) is 37.5 Å². The van der Waals surface area contributed by atoms with Crippen molar-refractivity contribution in [3.63, 3.8) is 0 Å². The van der Waals surface area contributed by atoms with Gasteiger partial charge in [0.05, 0.1) is 12.7 Å². The number of nitrogens with one attached hydrogen (secondary N) is 1. The molecule has 0 bridgehead atoms. The Morgan fingerprint density at radius 3 is 2.52 bits per heavy atom. The van der Waals surface area contributed by atoms with Crippen molar-refractivity contribution in [2.75, 3.05) is 12.4 Å². The van der Waals surface area contributed by atoms with Gasteiger partial charge in [-0.25, -0.2) is 4.79 Å². The van der Waals surface area contributed by atoms with Crippen molar-refractivity contribution in [1.29, 1.82) is 5.26 Å². The Morgan fingerprint density at radius 1 is 1.09 bits per heavy atom. The second-order valence-corrected chi connectivity index (χ2v) is 7.27. The number of hydrogen-bond acceptors (Lipinski definition) is 5. The number of benzene rings is 3. The molecule has 0 radical (unpaired) electrons. The van der Waals surface area contributed by atoms with Crippen molar-refractivity contribution in [3.8, 4) is 17.6 Å². The summed E-state index contributed by atoms with van der Waals surface area (Å²) < 4.78 is 11.2. The zero-order chi connectivity index (χ0) is 23.8. The number of carboxylic acid groups (broad SMARTS) is 1. The van der Waals surface area contributed by atoms with Crippen molar-refractivity contribution < 1.29 is 24.2 Å². The number of nitrogens with zero attached hydrogens (tertiary/aromatic N) is 1. The molecule has 3 rings (SSSR count). The minimum Gasteiger partial charge on any atom is -0.493 e. The fraction of sp³-hybridized carbons (Fsp3) is 0.0800. The molecule has 0 fully saturated rings. The fourth-order valence-electron chi connectivity index (χ4n) is 2.88. The van der Waals surface area contributed by atoms with Gasteiger partial charge in [-0.15, -0.1) is 0 Å². The van der Waals surface area contributed by atoms with Gasteiger partial charge in [-0.1, -0.05) is 35.9 Å². The van der Waals surface area contributed by atoms with E-state index in [-0.39, 0.29) is 16.8 Å². The molecule has 0 spiro atoms. The number of halogens is 1. The van der Waals surface area contributed by atoms with Gasteiger partial charge in [0, 0.05) is 10.7 Å². The lowest BCUT2D eigenvalue weighted by Crippen LogP contribution is -2.14. The topological polar surface area (TPSA) is 109 Å². The SMILES string of the molecule is COc1cc(/C=C(\C#N)C(=O)Nc2cccc(C(=O)O)c2)ccc1OCc1ccc(Cl)cc1. The van der Waals surface area contributed by atoms with Gasteiger partial charge in [-0.05, 0) is 59.7 Å². The molecule has 1 amide bonds. The Balaban J connectivity index is 1.75. The van der Waals surface area contributed by atoms with Crippen LogP contribution >= 0.6 is 11.6 Å². The second-order valence-electron chi connectivity index (χ2n) is 6.84. The summed E-state index contributed by atoms with van der Waals surface area (Å²) in [6.45, 7) is 0.309. The van der Waals surface area contributed by atoms with Crippen molar-refractivity contribution in [2.45, 2.75) is 6.61 Å². The summed E-state index contributed by atoms with van der Waals surface area (Å²) in [6.07, 6.45) is 1.40. The van der Waals surface area contributed by atoms with E-state index in [0.29, 0.717) is 28.7 Å². The zero-order valence-corrected chi connectivity index (χ0v) is 18.3. The minimum absolute atomic E-state index is 0.0224. The Morgan fingerprint density at radius 2 is 1.85 bits per heavy atom. The van der Waals surface area contributed by atoms with Crippen LogP contribution < -0.4 is 14.8 Å². The summed E-state index contributed by atoms with van der Waals surface area (Å²) in [4.78, 5) is 23.6. The number of carbonyl (C=O) groups excluding carboxylic acids is 1. The number of carbonyl (C=O) groups is 2. The van der Waals surface area contributed by atoms with E-state index in [4.69, 9.17) is 26.2 Å². The smallest absolute Gasteiger partial charge is 0.335 e. The first-order valence-corrected chi connectivity index (χ1v) is 10.1. The molecule has 0 aromatic heterocycles. The van der Waals surface area contributed by atoms with Crippen LogP contribution in [0.1, 0.15) is 21.5 Å². The van der Waals surface area contributed by atoms with Crippen molar-refractivity contribution in [3.05, 3.63) is 94.0 Å². The Bertz CT molecular complexity index is 1250. The molecular formula is C25H19ClN2O5. The Kier molecular flexibility index (Phi) is 7.68. The van der Waals surface area contributed by atoms with E-state index >= 15 is 0 Å². The van der Waals surface area contributed by atoms with E-state index in [2.05, 4.69) is 5.32 Å². The molecule has 0 unspecified atom stereocenters. The third kappa shape index (κ3) is 6.35. The number of carboxylic acids is 1. The molecule has 2 N–H and O–H groups in total. The molecule has 33 heavy (non-hydrogen) atoms. The summed E-state index contributed by atoms with van der Waals surface area (Å²) in [7, 11) is 1.49. The monoisotopic (exact) mass is 462 g/mol. The number of hydrogen-bond donors (Lipinski definition) is 2. The molecule has 0 heterocycles. The van der Waals surface area contributed by atoms with Gasteiger partial charge >= 0.3 is 5.97 Å². The number of nitriles is 1. The van der Waals surface area contributed by atoms with E-state index in [0.717, 1.165) is 5.56 Å². The van der Waals surface area contributed by atoms with E-state index < -0.39 is 11.9 Å². The van der Waals surface area contributed by atoms with E-state index in [1.807, 2.05) is 18.2 Å². The summed E-state index contributed by atoms with van der Waals surface area (Å²) in [5, 5.41) is 21.7. The predicted molar refractivity (Wildman–Crippen MR) is 124 cm³/mol. The maximum Gasteiger partial charge on any atom is 0.335 e. The van der Waals surface area contributed by atoms with Gasteiger partial charge in [-0.3, -0.25) is 4.79 Å². The zero-order valence-electron chi connectivity index (χ0n) is 17.5. The number of anilines is 1. The highest BCUT2D eigenvalue weighted by atomic mass is 35.5. The lowest BCUT2D eigenvalue weighted by Gasteiger charge is -2.12. The van der Waals surface area contributed by atoms with Gasteiger partial charge in [0.2, 0.25) is 0 Å². The maximum absolute atomic E-state index is 12.5. The summed E-state index contributed by atoms with van der Waals surface area (Å²) in [6, 6.07) is 19.9. The van der Waals surface area contributed by atoms with Crippen LogP contribution in [0.2, 0.25) is 5.02 Å². The third-order valence-corrected chi connectivity index (χ3v) is 4.79. The average Bonchev–Trinajstić information content (AvgIpc) is 2.82. The third-order valence-electron chi connectivity index (χ3n) is 4.54. The van der Waals surface area contributed by atoms with Crippen LogP contribution in [0.3, 0.4) is 0 Å². The normalized spacial score (nSPS) is 10.8. The molecule has 0 atom stereocenters. The standard InChI is InChI=1S/C25H19ClN2O5/c1-32-23-12-17(7-10-22(23)33-15-16-5-8-20(26)9-6-16)11-19(14-27)24(29)28-21-4-2-3-18(13-21)25(30)31/h2-13H,15H2,1H3,(H,28,29)(H,30,31)/b19-11+. The van der Waals surface area contributed by atoms with Gasteiger partial charge < -0.3 is 19.9 Å². The first-order valence-electron chi connectivity index (χ1n) is 9.71. The average molecular weight is 463 g/mol. The fourth-order valence-corrected chi connectivity index (χ4v) is 3.00. The number of ether oxygens (including phenoxy) is 2. The molecule has 0 aliphatic rings. The number of rotatable bonds is 8. The molecule has 7 nitrogen and oxygen atoms in total. The first-order chi connectivity index (χ1) is 15.9. The highest BCUT2D eigenvalue weighted by molar-refractivity contribution is 6.30. The Labute approximate surface area is 195 Å². The van der Waals surface area contributed by atoms with Crippen molar-refractivity contribution >= 4 is 35.2 Å². The second kappa shape index (κ2) is 10.8. The predicted octanol–water partition coefficient (Wildman–Crippen LogP) is 5.17. The van der Waals surface area contributed by atoms with Gasteiger partial charge in [0.1, 0.15) is 18.2 Å². The lowest BCUT2D eigenvalue weighted by atomic mass is 10.1. The summed E-state index contributed by atoms with van der Waals surface area (Å²) in [5.74, 6) is -0.850. The van der Waals surface area contributed by atoms with Crippen LogP contribution in [-0.2, 0) is 11.4 Å². The highest BCUT2D eigenvalue weighted by Crippen LogP contribution is 2.30. The largest absolute Gasteiger partial charge is 0.493 e. The molecular weight excluding hydrogens is 444 g/mol. The molecule has 0 saturated heterocycles. The molecule has 0 saturated carbocycles. The van der Waals surface area contributed by atoms with Crippen LogP contribution in [0.25, 0.3) is 6.08 Å². The molecule has 0 aliphatic heterocycles.